The fourth-order valence-electron chi connectivity index (χ4n) is 2.52. The topological polar surface area (TPSA) is 41.6 Å². The number of fused-ring (bicyclic) bond motifs is 1. The lowest BCUT2D eigenvalue weighted by atomic mass is 10.0. The Morgan fingerprint density at radius 2 is 2.07 bits per heavy atom. The summed E-state index contributed by atoms with van der Waals surface area (Å²) >= 11 is 0. The zero-order valence-electron chi connectivity index (χ0n) is 9.37. The number of nitrogens with zero attached hydrogens (tertiary/aromatic N) is 1. The molecule has 86 valence electrons. The first kappa shape index (κ1) is 10.9. The number of rotatable bonds is 4. The summed E-state index contributed by atoms with van der Waals surface area (Å²) in [6, 6.07) is 0. The van der Waals surface area contributed by atoms with Gasteiger partial charge in [0.25, 0.3) is 0 Å². The van der Waals surface area contributed by atoms with E-state index in [0.29, 0.717) is 31.5 Å². The molecule has 4 heteroatoms. The van der Waals surface area contributed by atoms with Crippen LogP contribution in [-0.4, -0.2) is 50.2 Å². The number of hydrogen-bond acceptors (Lipinski definition) is 3. The molecule has 15 heavy (non-hydrogen) atoms. The van der Waals surface area contributed by atoms with Crippen molar-refractivity contribution in [2.45, 2.75) is 13.3 Å². The summed E-state index contributed by atoms with van der Waals surface area (Å²) < 4.78 is 5.20. The van der Waals surface area contributed by atoms with Gasteiger partial charge in [0, 0.05) is 32.8 Å². The lowest BCUT2D eigenvalue weighted by Gasteiger charge is -2.17. The molecule has 2 atom stereocenters. The van der Waals surface area contributed by atoms with E-state index in [0.717, 1.165) is 26.2 Å². The van der Waals surface area contributed by atoms with Crippen LogP contribution in [0.2, 0.25) is 0 Å². The van der Waals surface area contributed by atoms with Gasteiger partial charge in [0.1, 0.15) is 0 Å². The highest BCUT2D eigenvalue weighted by molar-refractivity contribution is 5.76. The van der Waals surface area contributed by atoms with E-state index in [1.807, 2.05) is 11.8 Å². The van der Waals surface area contributed by atoms with Crippen LogP contribution in [0.3, 0.4) is 0 Å². The molecule has 2 unspecified atom stereocenters. The molecule has 0 aliphatic carbocycles. The van der Waals surface area contributed by atoms with Gasteiger partial charge < -0.3 is 15.0 Å². The normalized spacial score (nSPS) is 29.5. The second-order valence-electron chi connectivity index (χ2n) is 4.42. The first-order valence-electron chi connectivity index (χ1n) is 5.87. The Morgan fingerprint density at radius 3 is 2.67 bits per heavy atom. The van der Waals surface area contributed by atoms with Crippen LogP contribution >= 0.6 is 0 Å². The molecule has 1 N–H and O–H groups in total. The summed E-state index contributed by atoms with van der Waals surface area (Å²) in [7, 11) is 0. The van der Waals surface area contributed by atoms with Crippen molar-refractivity contribution in [2.24, 2.45) is 11.8 Å². The molecule has 0 aromatic carbocycles. The molecular weight excluding hydrogens is 192 g/mol. The SMILES string of the molecule is CCOCCC(=O)N1CC2CNCC2C1. The second kappa shape index (κ2) is 4.94. The van der Waals surface area contributed by atoms with Crippen LogP contribution < -0.4 is 5.32 Å². The molecule has 0 bridgehead atoms. The van der Waals surface area contributed by atoms with Gasteiger partial charge in [-0.25, -0.2) is 0 Å². The Kier molecular flexibility index (Phi) is 3.59. The lowest BCUT2D eigenvalue weighted by Crippen LogP contribution is -2.32. The summed E-state index contributed by atoms with van der Waals surface area (Å²) in [6.07, 6.45) is 0.542. The molecule has 1 amide bonds. The first-order valence-corrected chi connectivity index (χ1v) is 5.87. The van der Waals surface area contributed by atoms with E-state index in [9.17, 15) is 4.79 Å². The predicted octanol–water partition coefficient (Wildman–Crippen LogP) is 0.0908. The number of hydrogen-bond donors (Lipinski definition) is 1. The second-order valence-corrected chi connectivity index (χ2v) is 4.42. The van der Waals surface area contributed by atoms with E-state index < -0.39 is 0 Å². The molecule has 0 spiro atoms. The van der Waals surface area contributed by atoms with E-state index in [-0.39, 0.29) is 5.91 Å². The molecule has 2 saturated heterocycles. The van der Waals surface area contributed by atoms with E-state index in [1.165, 1.54) is 0 Å². The van der Waals surface area contributed by atoms with Crippen LogP contribution in [0.25, 0.3) is 0 Å². The monoisotopic (exact) mass is 212 g/mol. The van der Waals surface area contributed by atoms with Crippen LogP contribution in [0, 0.1) is 11.8 Å². The fourth-order valence-corrected chi connectivity index (χ4v) is 2.52. The number of amides is 1. The third kappa shape index (κ3) is 2.49. The van der Waals surface area contributed by atoms with E-state index >= 15 is 0 Å². The van der Waals surface area contributed by atoms with Gasteiger partial charge in [-0.1, -0.05) is 0 Å². The van der Waals surface area contributed by atoms with Crippen LogP contribution in [0.1, 0.15) is 13.3 Å². The number of carbonyl (C=O) groups is 1. The van der Waals surface area contributed by atoms with Crippen LogP contribution in [-0.2, 0) is 9.53 Å². The van der Waals surface area contributed by atoms with E-state index in [2.05, 4.69) is 5.32 Å². The van der Waals surface area contributed by atoms with Gasteiger partial charge in [-0.15, -0.1) is 0 Å². The maximum Gasteiger partial charge on any atom is 0.224 e. The maximum atomic E-state index is 11.8. The quantitative estimate of drug-likeness (QED) is 0.672. The minimum absolute atomic E-state index is 0.262. The van der Waals surface area contributed by atoms with Crippen molar-refractivity contribution in [3.63, 3.8) is 0 Å². The molecular formula is C11H20N2O2. The third-order valence-corrected chi connectivity index (χ3v) is 3.41. The highest BCUT2D eigenvalue weighted by atomic mass is 16.5. The number of ether oxygens (including phenoxy) is 1. The van der Waals surface area contributed by atoms with Crippen molar-refractivity contribution < 1.29 is 9.53 Å². The molecule has 2 rings (SSSR count). The molecule has 2 aliphatic heterocycles. The molecule has 2 fully saturated rings. The minimum Gasteiger partial charge on any atom is -0.381 e. The standard InChI is InChI=1S/C11H20N2O2/c1-2-15-4-3-11(14)13-7-9-5-12-6-10(9)8-13/h9-10,12H,2-8H2,1H3. The van der Waals surface area contributed by atoms with Crippen LogP contribution in [0.5, 0.6) is 0 Å². The lowest BCUT2D eigenvalue weighted by molar-refractivity contribution is -0.131. The molecule has 2 aliphatic rings. The Bertz CT molecular complexity index is 221. The molecule has 0 aromatic rings. The van der Waals surface area contributed by atoms with Gasteiger partial charge in [-0.05, 0) is 18.8 Å². The molecule has 2 heterocycles. The summed E-state index contributed by atoms with van der Waals surface area (Å²) in [5, 5.41) is 3.37. The number of likely N-dealkylation sites (tertiary alicyclic amines) is 1. The Hall–Kier alpha value is -0.610. The largest absolute Gasteiger partial charge is 0.381 e. The molecule has 0 aromatic heterocycles. The Labute approximate surface area is 91.0 Å². The predicted molar refractivity (Wildman–Crippen MR) is 57.5 cm³/mol. The smallest absolute Gasteiger partial charge is 0.224 e. The maximum absolute atomic E-state index is 11.8. The summed E-state index contributed by atoms with van der Waals surface area (Å²) in [5.74, 6) is 1.65. The van der Waals surface area contributed by atoms with Crippen molar-refractivity contribution in [1.29, 1.82) is 0 Å². The van der Waals surface area contributed by atoms with E-state index in [4.69, 9.17) is 4.74 Å². The van der Waals surface area contributed by atoms with Crippen LogP contribution in [0.4, 0.5) is 0 Å². The first-order chi connectivity index (χ1) is 7.31. The van der Waals surface area contributed by atoms with Gasteiger partial charge in [-0.2, -0.15) is 0 Å². The molecule has 4 nitrogen and oxygen atoms in total. The molecule has 0 radical (unpaired) electrons. The van der Waals surface area contributed by atoms with Crippen molar-refractivity contribution in [2.75, 3.05) is 39.4 Å². The van der Waals surface area contributed by atoms with Crippen molar-refractivity contribution >= 4 is 5.91 Å². The number of carbonyl (C=O) groups excluding carboxylic acids is 1. The van der Waals surface area contributed by atoms with Gasteiger partial charge in [0.05, 0.1) is 13.0 Å². The van der Waals surface area contributed by atoms with Gasteiger partial charge >= 0.3 is 0 Å². The van der Waals surface area contributed by atoms with E-state index in [1.54, 1.807) is 0 Å². The third-order valence-electron chi connectivity index (χ3n) is 3.41. The van der Waals surface area contributed by atoms with Gasteiger partial charge in [0.15, 0.2) is 0 Å². The highest BCUT2D eigenvalue weighted by Gasteiger charge is 2.37. The summed E-state index contributed by atoms with van der Waals surface area (Å²) in [4.78, 5) is 13.8. The number of nitrogens with one attached hydrogen (secondary N) is 1. The van der Waals surface area contributed by atoms with Crippen molar-refractivity contribution in [3.8, 4) is 0 Å². The van der Waals surface area contributed by atoms with Crippen molar-refractivity contribution in [3.05, 3.63) is 0 Å². The average molecular weight is 212 g/mol. The Balaban J connectivity index is 1.73. The fraction of sp³-hybridized carbons (Fsp3) is 0.909. The Morgan fingerprint density at radius 1 is 1.40 bits per heavy atom. The van der Waals surface area contributed by atoms with Crippen LogP contribution in [0.15, 0.2) is 0 Å². The highest BCUT2D eigenvalue weighted by Crippen LogP contribution is 2.26. The summed E-state index contributed by atoms with van der Waals surface area (Å²) in [5.41, 5.74) is 0. The summed E-state index contributed by atoms with van der Waals surface area (Å²) in [6.45, 7) is 7.28. The van der Waals surface area contributed by atoms with Gasteiger partial charge in [-0.3, -0.25) is 4.79 Å². The molecule has 0 saturated carbocycles. The average Bonchev–Trinajstić information content (AvgIpc) is 2.76. The van der Waals surface area contributed by atoms with Crippen molar-refractivity contribution in [1.82, 2.24) is 10.2 Å². The minimum atomic E-state index is 0.262. The zero-order valence-corrected chi connectivity index (χ0v) is 9.37. The zero-order chi connectivity index (χ0) is 10.7. The van der Waals surface area contributed by atoms with Gasteiger partial charge in [0.2, 0.25) is 5.91 Å².